The number of halogens is 2. The quantitative estimate of drug-likeness (QED) is 0.212. The molecule has 37 heavy (non-hydrogen) atoms. The average Bonchev–Trinajstić information content (AvgIpc) is 3.15. The van der Waals surface area contributed by atoms with E-state index in [4.69, 9.17) is 30.2 Å². The molecule has 1 amide bonds. The summed E-state index contributed by atoms with van der Waals surface area (Å²) in [6.07, 6.45) is 0.765. The lowest BCUT2D eigenvalue weighted by molar-refractivity contribution is 0.0402. The maximum absolute atomic E-state index is 14.4. The number of hydrogen-bond donors (Lipinski definition) is 1. The molecule has 9 nitrogen and oxygen atoms in total. The fourth-order valence-corrected chi connectivity index (χ4v) is 4.87. The van der Waals surface area contributed by atoms with Crippen molar-refractivity contribution in [3.05, 3.63) is 34.8 Å². The average molecular weight is 571 g/mol. The zero-order valence-corrected chi connectivity index (χ0v) is 24.5. The van der Waals surface area contributed by atoms with Gasteiger partial charge in [0.25, 0.3) is 0 Å². The molecular formula is C24H32ClFN4O5SSi. The number of rotatable bonds is 10. The van der Waals surface area contributed by atoms with Crippen molar-refractivity contribution < 1.29 is 27.8 Å². The highest BCUT2D eigenvalue weighted by Crippen LogP contribution is 2.36. The van der Waals surface area contributed by atoms with Crippen LogP contribution in [0.2, 0.25) is 22.6 Å². The number of carbonyl (C=O) groups is 1. The van der Waals surface area contributed by atoms with E-state index in [9.17, 15) is 9.18 Å². The van der Waals surface area contributed by atoms with Gasteiger partial charge in [0, 0.05) is 12.1 Å². The minimum absolute atomic E-state index is 0.0230. The molecule has 2 atom stereocenters. The van der Waals surface area contributed by atoms with Crippen molar-refractivity contribution in [1.82, 2.24) is 15.0 Å². The number of thiazole rings is 1. The highest BCUT2D eigenvalue weighted by Gasteiger charge is 2.36. The van der Waals surface area contributed by atoms with Crippen LogP contribution in [0.5, 0.6) is 11.8 Å². The van der Waals surface area contributed by atoms with Crippen LogP contribution in [0.4, 0.5) is 14.9 Å². The van der Waals surface area contributed by atoms with Crippen molar-refractivity contribution >= 4 is 53.3 Å². The number of carbonyl (C=O) groups excluding carboxylic acids is 1. The first-order chi connectivity index (χ1) is 17.2. The van der Waals surface area contributed by atoms with Gasteiger partial charge in [-0.15, -0.1) is 11.3 Å². The summed E-state index contributed by atoms with van der Waals surface area (Å²) in [6, 6.07) is 2.96. The molecule has 0 radical (unpaired) electrons. The second-order valence-electron chi connectivity index (χ2n) is 9.99. The van der Waals surface area contributed by atoms with Crippen molar-refractivity contribution in [1.29, 1.82) is 0 Å². The predicted octanol–water partition coefficient (Wildman–Crippen LogP) is 6.68. The summed E-state index contributed by atoms with van der Waals surface area (Å²) in [5.74, 6) is -0.557. The first kappa shape index (κ1) is 29.0. The summed E-state index contributed by atoms with van der Waals surface area (Å²) in [4.78, 5) is 24.5. The van der Waals surface area contributed by atoms with Gasteiger partial charge in [0.2, 0.25) is 0 Å². The van der Waals surface area contributed by atoms with Crippen LogP contribution in [-0.2, 0) is 9.16 Å². The number of fused-ring (bicyclic) bond motifs is 1. The molecule has 3 aromatic rings. The fourth-order valence-electron chi connectivity index (χ4n) is 2.80. The molecule has 0 spiro atoms. The Hall–Kier alpha value is -2.54. The molecule has 0 aliphatic heterocycles. The van der Waals surface area contributed by atoms with Gasteiger partial charge in [-0.05, 0) is 32.0 Å². The monoisotopic (exact) mass is 570 g/mol. The van der Waals surface area contributed by atoms with Crippen LogP contribution in [0.1, 0.15) is 34.6 Å². The predicted molar refractivity (Wildman–Crippen MR) is 145 cm³/mol. The number of amides is 1. The van der Waals surface area contributed by atoms with Gasteiger partial charge in [0.1, 0.15) is 18.8 Å². The molecular weight excluding hydrogens is 539 g/mol. The lowest BCUT2D eigenvalue weighted by atomic mass is 10.2. The first-order valence-electron chi connectivity index (χ1n) is 11.7. The zero-order valence-electron chi connectivity index (χ0n) is 21.9. The number of aromatic nitrogens is 3. The number of hydrogen-bond acceptors (Lipinski definition) is 9. The van der Waals surface area contributed by atoms with Crippen LogP contribution in [0.3, 0.4) is 0 Å². The molecule has 1 N–H and O–H groups in total. The minimum atomic E-state index is -1.84. The highest BCUT2D eigenvalue weighted by atomic mass is 35.5. The SMILES string of the molecule is C[C@H](Oc1cc2sc(Cl)nc2cc1F)[C@@H](C)OC(=O)Nc1cnc(OCCO[Si](C)(C)C(C)(C)C)nc1. The maximum Gasteiger partial charge on any atom is 0.412 e. The molecule has 0 saturated heterocycles. The van der Waals surface area contributed by atoms with Crippen LogP contribution in [0.25, 0.3) is 10.2 Å². The maximum atomic E-state index is 14.4. The Balaban J connectivity index is 1.45. The number of benzene rings is 1. The molecule has 202 valence electrons. The topological polar surface area (TPSA) is 105 Å². The van der Waals surface area contributed by atoms with E-state index in [2.05, 4.69) is 54.1 Å². The summed E-state index contributed by atoms with van der Waals surface area (Å²) in [7, 11) is -1.84. The Kier molecular flexibility index (Phi) is 9.32. The number of ether oxygens (including phenoxy) is 3. The third-order valence-corrected chi connectivity index (χ3v) is 11.8. The molecule has 0 bridgehead atoms. The van der Waals surface area contributed by atoms with Crippen LogP contribution in [0, 0.1) is 5.82 Å². The van der Waals surface area contributed by atoms with Crippen molar-refractivity contribution in [2.45, 2.75) is 65.0 Å². The highest BCUT2D eigenvalue weighted by molar-refractivity contribution is 7.22. The summed E-state index contributed by atoms with van der Waals surface area (Å²) >= 11 is 7.11. The molecule has 0 aliphatic rings. The second kappa shape index (κ2) is 11.9. The fraction of sp³-hybridized carbons (Fsp3) is 0.500. The third-order valence-electron chi connectivity index (χ3n) is 6.14. The molecule has 0 saturated carbocycles. The first-order valence-corrected chi connectivity index (χ1v) is 15.8. The van der Waals surface area contributed by atoms with Gasteiger partial charge in [0.15, 0.2) is 24.4 Å². The van der Waals surface area contributed by atoms with Crippen LogP contribution >= 0.6 is 22.9 Å². The van der Waals surface area contributed by atoms with Gasteiger partial charge in [-0.25, -0.2) is 24.1 Å². The largest absolute Gasteiger partial charge is 0.484 e. The Bertz CT molecular complexity index is 1220. The number of nitrogens with one attached hydrogen (secondary N) is 1. The molecule has 0 fully saturated rings. The van der Waals surface area contributed by atoms with E-state index < -0.39 is 32.4 Å². The molecule has 0 aliphatic carbocycles. The summed E-state index contributed by atoms with van der Waals surface area (Å²) in [5.41, 5.74) is 0.781. The number of anilines is 1. The summed E-state index contributed by atoms with van der Waals surface area (Å²) < 4.78 is 38.0. The number of nitrogens with zero attached hydrogens (tertiary/aromatic N) is 3. The van der Waals surface area contributed by atoms with Crippen molar-refractivity contribution in [3.63, 3.8) is 0 Å². The normalized spacial score (nSPS) is 13.8. The van der Waals surface area contributed by atoms with E-state index >= 15 is 0 Å². The van der Waals surface area contributed by atoms with Crippen LogP contribution in [0.15, 0.2) is 24.5 Å². The smallest absolute Gasteiger partial charge is 0.412 e. The lowest BCUT2D eigenvalue weighted by Crippen LogP contribution is -2.41. The van der Waals surface area contributed by atoms with Gasteiger partial charge >= 0.3 is 12.1 Å². The summed E-state index contributed by atoms with van der Waals surface area (Å²) in [5, 5.41) is 2.67. The van der Waals surface area contributed by atoms with Crippen LogP contribution in [-0.4, -0.2) is 54.8 Å². The molecule has 2 aromatic heterocycles. The van der Waals surface area contributed by atoms with E-state index in [0.717, 1.165) is 0 Å². The minimum Gasteiger partial charge on any atom is -0.484 e. The summed E-state index contributed by atoms with van der Waals surface area (Å²) in [6.45, 7) is 14.9. The Labute approximate surface area is 225 Å². The van der Waals surface area contributed by atoms with Crippen molar-refractivity contribution in [3.8, 4) is 11.8 Å². The van der Waals surface area contributed by atoms with E-state index in [-0.39, 0.29) is 16.8 Å². The second-order valence-corrected chi connectivity index (χ2v) is 16.4. The zero-order chi connectivity index (χ0) is 27.4. The molecule has 0 unspecified atom stereocenters. The van der Waals surface area contributed by atoms with Gasteiger partial charge in [0.05, 0.1) is 34.9 Å². The Morgan fingerprint density at radius 3 is 2.49 bits per heavy atom. The van der Waals surface area contributed by atoms with E-state index in [1.54, 1.807) is 13.8 Å². The van der Waals surface area contributed by atoms with Gasteiger partial charge in [-0.1, -0.05) is 32.4 Å². The Morgan fingerprint density at radius 1 is 1.16 bits per heavy atom. The van der Waals surface area contributed by atoms with Crippen molar-refractivity contribution in [2.24, 2.45) is 0 Å². The van der Waals surface area contributed by atoms with Gasteiger partial charge < -0.3 is 18.6 Å². The standard InChI is InChI=1S/C24H32ClFN4O5SSi/c1-14(34-19-11-20-18(10-17(19)26)30-21(25)36-20)15(2)35-23(31)29-16-12-27-22(28-13-16)32-8-9-33-37(6,7)24(3,4)5/h10-15H,8-9H2,1-7H3,(H,29,31)/t14-,15+/m0/s1. The van der Waals surface area contributed by atoms with E-state index in [1.807, 2.05) is 0 Å². The van der Waals surface area contributed by atoms with Gasteiger partial charge in [-0.3, -0.25) is 5.32 Å². The molecule has 3 rings (SSSR count). The van der Waals surface area contributed by atoms with E-state index in [0.29, 0.717) is 33.6 Å². The molecule has 1 aromatic carbocycles. The Morgan fingerprint density at radius 2 is 1.84 bits per heavy atom. The lowest BCUT2D eigenvalue weighted by Gasteiger charge is -2.36. The molecule has 13 heteroatoms. The molecule has 2 heterocycles. The third kappa shape index (κ3) is 7.97. The van der Waals surface area contributed by atoms with Crippen molar-refractivity contribution in [2.75, 3.05) is 18.5 Å². The van der Waals surface area contributed by atoms with Crippen LogP contribution < -0.4 is 14.8 Å². The van der Waals surface area contributed by atoms with E-state index in [1.165, 1.54) is 35.9 Å². The van der Waals surface area contributed by atoms with Gasteiger partial charge in [-0.2, -0.15) is 0 Å².